The number of ether oxygens (including phenoxy) is 1. The van der Waals surface area contributed by atoms with Crippen LogP contribution in [0.3, 0.4) is 0 Å². The largest absolute Gasteiger partial charge is 0.748 e. The molecule has 0 aliphatic rings. The Bertz CT molecular complexity index is 1440. The lowest BCUT2D eigenvalue weighted by Gasteiger charge is -2.05. The van der Waals surface area contributed by atoms with Crippen LogP contribution in [0.4, 0.5) is 0 Å². The van der Waals surface area contributed by atoms with Gasteiger partial charge in [-0.3, -0.25) is 0 Å². The van der Waals surface area contributed by atoms with Gasteiger partial charge in [0.1, 0.15) is 15.1 Å². The summed E-state index contributed by atoms with van der Waals surface area (Å²) in [4.78, 5) is 0. The minimum absolute atomic E-state index is 0.228. The van der Waals surface area contributed by atoms with Gasteiger partial charge in [-0.05, 0) is 35.2 Å². The van der Waals surface area contributed by atoms with Gasteiger partial charge in [-0.15, -0.1) is 11.3 Å². The van der Waals surface area contributed by atoms with Crippen LogP contribution in [-0.2, 0) is 16.7 Å². The molecule has 4 aromatic rings. The van der Waals surface area contributed by atoms with Crippen molar-refractivity contribution >= 4 is 65.2 Å². The van der Waals surface area contributed by atoms with E-state index in [1.807, 2.05) is 41.8 Å². The summed E-state index contributed by atoms with van der Waals surface area (Å²) >= 11 is 3.17. The van der Waals surface area contributed by atoms with Crippen LogP contribution in [0.2, 0.25) is 0 Å². The summed E-state index contributed by atoms with van der Waals surface area (Å²) in [6.07, 6.45) is 4.11. The standard InChI is InChI=1S/C22H18N2O4S3/c1-28-18-13-19-21(22-17(18)8-10-29-22)24(9-3-11-31(25,26)27)20(30-19)7-6-15-4-2-5-16(12-15)14-23/h2,4-8,10,12-13H,3,9,11H2,1H3/b7-6+. The van der Waals surface area contributed by atoms with Crippen LogP contribution in [0.25, 0.3) is 32.5 Å². The number of aryl methyl sites for hydroxylation is 1. The van der Waals surface area contributed by atoms with E-state index >= 15 is 0 Å². The summed E-state index contributed by atoms with van der Waals surface area (Å²) in [5.41, 5.74) is 2.48. The van der Waals surface area contributed by atoms with Gasteiger partial charge in [0.25, 0.3) is 5.01 Å². The highest BCUT2D eigenvalue weighted by molar-refractivity contribution is 7.85. The number of nitrogens with zero attached hydrogens (tertiary/aromatic N) is 2. The third-order valence-electron chi connectivity index (χ3n) is 4.82. The SMILES string of the molecule is COc1cc2sc(/C=C/c3cccc(C#N)c3)[n+](CCCS(=O)(=O)[O-])c2c2sccc12. The predicted octanol–water partition coefficient (Wildman–Crippen LogP) is 4.39. The van der Waals surface area contributed by atoms with Crippen molar-refractivity contribution in [2.75, 3.05) is 12.9 Å². The molecular formula is C22H18N2O4S3. The van der Waals surface area contributed by atoms with E-state index in [1.165, 1.54) is 0 Å². The van der Waals surface area contributed by atoms with Crippen molar-refractivity contribution in [1.82, 2.24) is 0 Å². The Hall–Kier alpha value is -2.77. The predicted molar refractivity (Wildman–Crippen MR) is 123 cm³/mol. The van der Waals surface area contributed by atoms with E-state index in [0.29, 0.717) is 12.1 Å². The number of thiophene rings is 1. The summed E-state index contributed by atoms with van der Waals surface area (Å²) in [6.45, 7) is 0.401. The Morgan fingerprint density at radius 3 is 2.84 bits per heavy atom. The lowest BCUT2D eigenvalue weighted by atomic mass is 10.1. The number of fused-ring (bicyclic) bond motifs is 3. The molecule has 0 unspecified atom stereocenters. The number of hydrogen-bond donors (Lipinski definition) is 0. The Labute approximate surface area is 188 Å². The number of rotatable bonds is 7. The molecule has 0 amide bonds. The minimum Gasteiger partial charge on any atom is -0.748 e. The van der Waals surface area contributed by atoms with Crippen LogP contribution < -0.4 is 9.30 Å². The minimum atomic E-state index is -4.27. The van der Waals surface area contributed by atoms with Crippen molar-refractivity contribution in [3.63, 3.8) is 0 Å². The third kappa shape index (κ3) is 4.62. The number of benzene rings is 2. The van der Waals surface area contributed by atoms with Crippen molar-refractivity contribution in [3.8, 4) is 11.8 Å². The lowest BCUT2D eigenvalue weighted by molar-refractivity contribution is -0.667. The zero-order valence-electron chi connectivity index (χ0n) is 16.6. The molecule has 9 heteroatoms. The van der Waals surface area contributed by atoms with E-state index in [4.69, 9.17) is 10.00 Å². The van der Waals surface area contributed by atoms with E-state index < -0.39 is 15.9 Å². The van der Waals surface area contributed by atoms with Gasteiger partial charge < -0.3 is 9.29 Å². The zero-order valence-corrected chi connectivity index (χ0v) is 19.0. The maximum atomic E-state index is 11.1. The molecule has 0 aliphatic heterocycles. The van der Waals surface area contributed by atoms with Crippen molar-refractivity contribution in [3.05, 3.63) is 57.9 Å². The molecule has 0 aliphatic carbocycles. The summed E-state index contributed by atoms with van der Waals surface area (Å²) < 4.78 is 43.0. The van der Waals surface area contributed by atoms with Crippen molar-refractivity contribution < 1.29 is 22.3 Å². The average Bonchev–Trinajstić information content (AvgIpc) is 3.35. The van der Waals surface area contributed by atoms with Gasteiger partial charge in [0.15, 0.2) is 6.54 Å². The van der Waals surface area contributed by atoms with Crippen LogP contribution in [0.15, 0.2) is 41.8 Å². The van der Waals surface area contributed by atoms with Crippen LogP contribution in [-0.4, -0.2) is 25.8 Å². The molecule has 0 radical (unpaired) electrons. The molecule has 2 aromatic heterocycles. The van der Waals surface area contributed by atoms with Crippen molar-refractivity contribution in [2.45, 2.75) is 13.0 Å². The second-order valence-electron chi connectivity index (χ2n) is 6.87. The second kappa shape index (κ2) is 8.77. The third-order valence-corrected chi connectivity index (χ3v) is 7.63. The fourth-order valence-electron chi connectivity index (χ4n) is 3.47. The quantitative estimate of drug-likeness (QED) is 0.295. The highest BCUT2D eigenvalue weighted by Gasteiger charge is 2.24. The summed E-state index contributed by atoms with van der Waals surface area (Å²) in [6, 6.07) is 13.4. The fourth-order valence-corrected chi connectivity index (χ4v) is 6.11. The number of nitriles is 1. The van der Waals surface area contributed by atoms with E-state index in [1.54, 1.807) is 41.9 Å². The van der Waals surface area contributed by atoms with Crippen LogP contribution in [0.5, 0.6) is 5.75 Å². The van der Waals surface area contributed by atoms with Gasteiger partial charge in [-0.1, -0.05) is 23.5 Å². The zero-order chi connectivity index (χ0) is 22.0. The Balaban J connectivity index is 1.83. The first-order valence-electron chi connectivity index (χ1n) is 9.42. The average molecular weight is 471 g/mol. The number of methoxy groups -OCH3 is 1. The summed E-state index contributed by atoms with van der Waals surface area (Å²) in [5, 5.41) is 13.0. The Kier molecular flexibility index (Phi) is 6.07. The van der Waals surface area contributed by atoms with Crippen molar-refractivity contribution in [1.29, 1.82) is 5.26 Å². The molecule has 0 saturated carbocycles. The highest BCUT2D eigenvalue weighted by atomic mass is 32.2. The van der Waals surface area contributed by atoms with Crippen molar-refractivity contribution in [2.24, 2.45) is 0 Å². The van der Waals surface area contributed by atoms with E-state index in [9.17, 15) is 13.0 Å². The molecule has 0 saturated heterocycles. The van der Waals surface area contributed by atoms with E-state index in [2.05, 4.69) is 10.6 Å². The summed E-state index contributed by atoms with van der Waals surface area (Å²) in [5.74, 6) is 0.380. The molecule has 0 fully saturated rings. The van der Waals surface area contributed by atoms with Gasteiger partial charge in [0.2, 0.25) is 5.52 Å². The van der Waals surface area contributed by atoms with E-state index in [0.717, 1.165) is 36.6 Å². The van der Waals surface area contributed by atoms with Crippen LogP contribution >= 0.6 is 22.7 Å². The number of aromatic nitrogens is 1. The van der Waals surface area contributed by atoms with Crippen LogP contribution in [0, 0.1) is 11.3 Å². The Morgan fingerprint density at radius 2 is 2.10 bits per heavy atom. The van der Waals surface area contributed by atoms with Gasteiger partial charge in [0.05, 0.1) is 28.9 Å². The molecule has 31 heavy (non-hydrogen) atoms. The maximum Gasteiger partial charge on any atom is 0.262 e. The molecule has 6 nitrogen and oxygen atoms in total. The smallest absolute Gasteiger partial charge is 0.262 e. The van der Waals surface area contributed by atoms with E-state index in [-0.39, 0.29) is 6.42 Å². The lowest BCUT2D eigenvalue weighted by Crippen LogP contribution is -2.36. The molecule has 2 heterocycles. The van der Waals surface area contributed by atoms with Gasteiger partial charge in [0, 0.05) is 29.7 Å². The molecule has 0 N–H and O–H groups in total. The monoisotopic (exact) mass is 470 g/mol. The Morgan fingerprint density at radius 1 is 1.26 bits per heavy atom. The molecule has 0 bridgehead atoms. The molecule has 4 rings (SSSR count). The summed E-state index contributed by atoms with van der Waals surface area (Å²) in [7, 11) is -2.63. The fraction of sp³-hybridized carbons (Fsp3) is 0.182. The molecule has 2 aromatic carbocycles. The highest BCUT2D eigenvalue weighted by Crippen LogP contribution is 2.38. The van der Waals surface area contributed by atoms with Gasteiger partial charge in [-0.2, -0.15) is 9.83 Å². The number of hydrogen-bond acceptors (Lipinski definition) is 7. The molecule has 0 spiro atoms. The van der Waals surface area contributed by atoms with Gasteiger partial charge >= 0.3 is 0 Å². The topological polar surface area (TPSA) is 94.1 Å². The first-order chi connectivity index (χ1) is 14.9. The maximum absolute atomic E-state index is 11.1. The second-order valence-corrected chi connectivity index (χ2v) is 10.4. The molecular weight excluding hydrogens is 452 g/mol. The first kappa shape index (κ1) is 21.5. The normalized spacial score (nSPS) is 12.0. The molecule has 0 atom stereocenters. The molecule has 158 valence electrons. The first-order valence-corrected chi connectivity index (χ1v) is 12.7. The van der Waals surface area contributed by atoms with Crippen LogP contribution in [0.1, 0.15) is 22.6 Å². The number of thiazole rings is 1. The van der Waals surface area contributed by atoms with Gasteiger partial charge in [-0.25, -0.2) is 8.42 Å².